The van der Waals surface area contributed by atoms with Crippen LogP contribution in [0.2, 0.25) is 0 Å². The van der Waals surface area contributed by atoms with Crippen LogP contribution in [-0.2, 0) is 4.74 Å². The van der Waals surface area contributed by atoms with Gasteiger partial charge < -0.3 is 15.4 Å². The van der Waals surface area contributed by atoms with Crippen LogP contribution in [0.3, 0.4) is 0 Å². The quantitative estimate of drug-likeness (QED) is 0.630. The number of amides is 1. The molecule has 0 saturated heterocycles. The molecule has 0 bridgehead atoms. The summed E-state index contributed by atoms with van der Waals surface area (Å²) >= 11 is 0. The van der Waals surface area contributed by atoms with Gasteiger partial charge >= 0.3 is 6.09 Å². The second kappa shape index (κ2) is 10.0. The van der Waals surface area contributed by atoms with Gasteiger partial charge in [-0.25, -0.2) is 4.79 Å². The summed E-state index contributed by atoms with van der Waals surface area (Å²) in [5, 5.41) is 6.49. The monoisotopic (exact) mass is 300 g/mol. The van der Waals surface area contributed by atoms with E-state index in [2.05, 4.69) is 38.3 Å². The van der Waals surface area contributed by atoms with E-state index in [1.54, 1.807) is 0 Å². The lowest BCUT2D eigenvalue weighted by Gasteiger charge is -2.27. The van der Waals surface area contributed by atoms with Crippen molar-refractivity contribution in [3.63, 3.8) is 0 Å². The van der Waals surface area contributed by atoms with Crippen molar-refractivity contribution < 1.29 is 9.53 Å². The summed E-state index contributed by atoms with van der Waals surface area (Å²) in [5.41, 5.74) is -0.452. The van der Waals surface area contributed by atoms with Gasteiger partial charge in [0.2, 0.25) is 0 Å². The molecule has 0 aliphatic rings. The first-order valence-corrected chi connectivity index (χ1v) is 8.38. The summed E-state index contributed by atoms with van der Waals surface area (Å²) in [6, 6.07) is 0.576. The Morgan fingerprint density at radius 2 is 1.76 bits per heavy atom. The molecule has 0 aliphatic carbocycles. The molecule has 2 unspecified atom stereocenters. The molecule has 2 N–H and O–H groups in total. The second-order valence-electron chi connectivity index (χ2n) is 7.30. The number of rotatable bonds is 9. The first kappa shape index (κ1) is 20.2. The number of unbranched alkanes of at least 4 members (excludes halogenated alkanes) is 2. The highest BCUT2D eigenvalue weighted by molar-refractivity contribution is 5.68. The highest BCUT2D eigenvalue weighted by atomic mass is 16.6. The van der Waals surface area contributed by atoms with Crippen molar-refractivity contribution in [3.8, 4) is 0 Å². The molecule has 2 atom stereocenters. The van der Waals surface area contributed by atoms with Crippen LogP contribution in [0.1, 0.15) is 74.1 Å². The summed E-state index contributed by atoms with van der Waals surface area (Å²) in [6.45, 7) is 15.1. The van der Waals surface area contributed by atoms with Crippen LogP contribution in [0, 0.1) is 5.92 Å². The lowest BCUT2D eigenvalue weighted by Crippen LogP contribution is -2.48. The molecule has 0 spiro atoms. The van der Waals surface area contributed by atoms with E-state index in [4.69, 9.17) is 4.74 Å². The summed E-state index contributed by atoms with van der Waals surface area (Å²) in [7, 11) is 0. The SMILES string of the molecule is CCCCCC(C)NCC(NC(=O)OC(C)(C)C)C(C)C. The fourth-order valence-electron chi connectivity index (χ4n) is 2.04. The normalized spacial score (nSPS) is 14.9. The zero-order valence-electron chi connectivity index (χ0n) is 15.1. The first-order chi connectivity index (χ1) is 9.65. The molecule has 0 fully saturated rings. The smallest absolute Gasteiger partial charge is 0.407 e. The molecular formula is C17H36N2O2. The van der Waals surface area contributed by atoms with E-state index in [1.165, 1.54) is 25.7 Å². The van der Waals surface area contributed by atoms with E-state index >= 15 is 0 Å². The summed E-state index contributed by atoms with van der Waals surface area (Å²) in [5.74, 6) is 0.368. The van der Waals surface area contributed by atoms with E-state index in [-0.39, 0.29) is 12.1 Å². The minimum atomic E-state index is -0.452. The van der Waals surface area contributed by atoms with Crippen LogP contribution in [0.5, 0.6) is 0 Å². The van der Waals surface area contributed by atoms with Crippen LogP contribution in [0.4, 0.5) is 4.79 Å². The maximum Gasteiger partial charge on any atom is 0.407 e. The molecule has 4 heteroatoms. The maximum absolute atomic E-state index is 11.9. The van der Waals surface area contributed by atoms with Crippen LogP contribution >= 0.6 is 0 Å². The Labute approximate surface area is 131 Å². The molecule has 0 heterocycles. The van der Waals surface area contributed by atoms with E-state index in [1.807, 2.05) is 20.8 Å². The number of hydrogen-bond acceptors (Lipinski definition) is 3. The summed E-state index contributed by atoms with van der Waals surface area (Å²) in [6.07, 6.45) is 4.65. The third-order valence-electron chi connectivity index (χ3n) is 3.43. The van der Waals surface area contributed by atoms with Gasteiger partial charge in [0.05, 0.1) is 0 Å². The molecule has 0 rings (SSSR count). The summed E-state index contributed by atoms with van der Waals surface area (Å²) in [4.78, 5) is 11.9. The van der Waals surface area contributed by atoms with Gasteiger partial charge in [-0.15, -0.1) is 0 Å². The van der Waals surface area contributed by atoms with Gasteiger partial charge in [-0.2, -0.15) is 0 Å². The molecule has 0 aromatic carbocycles. The largest absolute Gasteiger partial charge is 0.444 e. The lowest BCUT2D eigenvalue weighted by atomic mass is 10.0. The Hall–Kier alpha value is -0.770. The van der Waals surface area contributed by atoms with Gasteiger partial charge in [-0.05, 0) is 40.0 Å². The van der Waals surface area contributed by atoms with Gasteiger partial charge in [-0.3, -0.25) is 0 Å². The molecule has 0 saturated carbocycles. The molecular weight excluding hydrogens is 264 g/mol. The predicted octanol–water partition coefficient (Wildman–Crippen LogP) is 4.09. The molecule has 0 aromatic rings. The van der Waals surface area contributed by atoms with Gasteiger partial charge in [0.15, 0.2) is 0 Å². The zero-order valence-corrected chi connectivity index (χ0v) is 15.1. The molecule has 21 heavy (non-hydrogen) atoms. The summed E-state index contributed by atoms with van der Waals surface area (Å²) < 4.78 is 5.33. The van der Waals surface area contributed by atoms with Crippen molar-refractivity contribution in [1.82, 2.24) is 10.6 Å². The van der Waals surface area contributed by atoms with E-state index in [9.17, 15) is 4.79 Å². The second-order valence-corrected chi connectivity index (χ2v) is 7.30. The average Bonchev–Trinajstić information content (AvgIpc) is 2.32. The van der Waals surface area contributed by atoms with Crippen LogP contribution < -0.4 is 10.6 Å². The van der Waals surface area contributed by atoms with Crippen molar-refractivity contribution in [3.05, 3.63) is 0 Å². The number of alkyl carbamates (subject to hydrolysis) is 1. The topological polar surface area (TPSA) is 50.4 Å². The Morgan fingerprint density at radius 3 is 2.24 bits per heavy atom. The number of ether oxygens (including phenoxy) is 1. The Kier molecular flexibility index (Phi) is 9.67. The van der Waals surface area contributed by atoms with Crippen molar-refractivity contribution >= 4 is 6.09 Å². The highest BCUT2D eigenvalue weighted by Gasteiger charge is 2.21. The van der Waals surface area contributed by atoms with Crippen molar-refractivity contribution in [2.45, 2.75) is 91.8 Å². The number of carbonyl (C=O) groups is 1. The fraction of sp³-hybridized carbons (Fsp3) is 0.941. The highest BCUT2D eigenvalue weighted by Crippen LogP contribution is 2.09. The maximum atomic E-state index is 11.9. The standard InChI is InChI=1S/C17H36N2O2/c1-8-9-10-11-14(4)18-12-15(13(2)3)19-16(20)21-17(5,6)7/h13-15,18H,8-12H2,1-7H3,(H,19,20). The zero-order chi connectivity index (χ0) is 16.5. The van der Waals surface area contributed by atoms with E-state index in [0.717, 1.165) is 6.54 Å². The van der Waals surface area contributed by atoms with Gasteiger partial charge in [-0.1, -0.05) is 40.0 Å². The van der Waals surface area contributed by atoms with Gasteiger partial charge in [0.1, 0.15) is 5.60 Å². The molecule has 1 amide bonds. The Balaban J connectivity index is 4.16. The van der Waals surface area contributed by atoms with Crippen LogP contribution in [0.15, 0.2) is 0 Å². The van der Waals surface area contributed by atoms with E-state index < -0.39 is 5.60 Å². The van der Waals surface area contributed by atoms with Gasteiger partial charge in [0.25, 0.3) is 0 Å². The number of nitrogens with one attached hydrogen (secondary N) is 2. The van der Waals surface area contributed by atoms with E-state index in [0.29, 0.717) is 12.0 Å². The van der Waals surface area contributed by atoms with Crippen LogP contribution in [0.25, 0.3) is 0 Å². The number of hydrogen-bond donors (Lipinski definition) is 2. The van der Waals surface area contributed by atoms with Crippen molar-refractivity contribution in [1.29, 1.82) is 0 Å². The van der Waals surface area contributed by atoms with Crippen molar-refractivity contribution in [2.75, 3.05) is 6.54 Å². The minimum absolute atomic E-state index is 0.0912. The Morgan fingerprint density at radius 1 is 1.14 bits per heavy atom. The van der Waals surface area contributed by atoms with Crippen molar-refractivity contribution in [2.24, 2.45) is 5.92 Å². The Bertz CT molecular complexity index is 285. The average molecular weight is 300 g/mol. The fourth-order valence-corrected chi connectivity index (χ4v) is 2.04. The minimum Gasteiger partial charge on any atom is -0.444 e. The van der Waals surface area contributed by atoms with Gasteiger partial charge in [0, 0.05) is 18.6 Å². The molecule has 126 valence electrons. The lowest BCUT2D eigenvalue weighted by molar-refractivity contribution is 0.0489. The molecule has 4 nitrogen and oxygen atoms in total. The molecule has 0 aromatic heterocycles. The molecule has 0 aliphatic heterocycles. The third kappa shape index (κ3) is 11.6. The number of carbonyl (C=O) groups excluding carboxylic acids is 1. The molecule has 0 radical (unpaired) electrons. The van der Waals surface area contributed by atoms with Crippen LogP contribution in [-0.4, -0.2) is 30.3 Å². The third-order valence-corrected chi connectivity index (χ3v) is 3.43. The first-order valence-electron chi connectivity index (χ1n) is 8.38. The predicted molar refractivity (Wildman–Crippen MR) is 89.6 cm³/mol.